The number of phenols is 1. The van der Waals surface area contributed by atoms with E-state index in [4.69, 9.17) is 5.41 Å². The molecule has 2 aromatic carbocycles. The van der Waals surface area contributed by atoms with Crippen molar-refractivity contribution in [3.8, 4) is 5.75 Å². The molecule has 4 nitrogen and oxygen atoms in total. The third-order valence-electron chi connectivity index (χ3n) is 5.37. The summed E-state index contributed by atoms with van der Waals surface area (Å²) in [7, 11) is 0. The highest BCUT2D eigenvalue weighted by Gasteiger charge is 2.38. The maximum absolute atomic E-state index is 14.4. The molecule has 3 rings (SSSR count). The first-order valence-corrected chi connectivity index (χ1v) is 9.38. The number of anilines is 3. The van der Waals surface area contributed by atoms with Crippen LogP contribution in [0.5, 0.6) is 5.75 Å². The molecule has 3 N–H and O–H groups in total. The van der Waals surface area contributed by atoms with Crippen molar-refractivity contribution in [3.63, 3.8) is 0 Å². The monoisotopic (exact) mass is 427 g/mol. The summed E-state index contributed by atoms with van der Waals surface area (Å²) in [6.07, 6.45) is -3.07. The molecule has 0 amide bonds. The van der Waals surface area contributed by atoms with Gasteiger partial charge in [0.15, 0.2) is 17.4 Å². The first kappa shape index (κ1) is 21.9. The minimum Gasteiger partial charge on any atom is -0.503 e. The Kier molecular flexibility index (Phi) is 5.66. The Hall–Kier alpha value is -2.84. The van der Waals surface area contributed by atoms with E-state index in [2.05, 4.69) is 24.1 Å². The topological polar surface area (TPSA) is 59.4 Å². The van der Waals surface area contributed by atoms with Crippen LogP contribution in [0, 0.1) is 22.5 Å². The molecule has 0 spiro atoms. The smallest absolute Gasteiger partial charge is 0.433 e. The number of halogens is 5. The Bertz CT molecular complexity index is 945. The Labute approximate surface area is 170 Å². The van der Waals surface area contributed by atoms with Crippen molar-refractivity contribution in [1.82, 2.24) is 0 Å². The molecule has 0 unspecified atom stereocenters. The van der Waals surface area contributed by atoms with Crippen LogP contribution in [0.3, 0.4) is 0 Å². The first-order valence-electron chi connectivity index (χ1n) is 9.38. The Balaban J connectivity index is 1.87. The molecule has 9 heteroatoms. The van der Waals surface area contributed by atoms with E-state index in [0.717, 1.165) is 31.6 Å². The highest BCUT2D eigenvalue weighted by Crippen LogP contribution is 2.37. The lowest BCUT2D eigenvalue weighted by atomic mass is 9.82. The maximum atomic E-state index is 14.4. The van der Waals surface area contributed by atoms with Gasteiger partial charge >= 0.3 is 6.18 Å². The second-order valence-electron chi connectivity index (χ2n) is 8.14. The maximum Gasteiger partial charge on any atom is 0.433 e. The highest BCUT2D eigenvalue weighted by molar-refractivity contribution is 6.07. The van der Waals surface area contributed by atoms with Gasteiger partial charge in [-0.2, -0.15) is 13.2 Å². The second-order valence-corrected chi connectivity index (χ2v) is 8.14. The van der Waals surface area contributed by atoms with Gasteiger partial charge in [-0.05, 0) is 48.6 Å². The van der Waals surface area contributed by atoms with E-state index in [-0.39, 0.29) is 11.1 Å². The van der Waals surface area contributed by atoms with Crippen molar-refractivity contribution in [2.45, 2.75) is 32.9 Å². The zero-order valence-corrected chi connectivity index (χ0v) is 16.5. The lowest BCUT2D eigenvalue weighted by Crippen LogP contribution is -2.37. The van der Waals surface area contributed by atoms with Crippen LogP contribution in [-0.4, -0.2) is 30.1 Å². The fourth-order valence-electron chi connectivity index (χ4n) is 3.35. The third kappa shape index (κ3) is 4.49. The first-order chi connectivity index (χ1) is 13.9. The summed E-state index contributed by atoms with van der Waals surface area (Å²) in [6, 6.07) is 6.89. The average molecular weight is 427 g/mol. The van der Waals surface area contributed by atoms with Crippen LogP contribution in [0.15, 0.2) is 30.3 Å². The summed E-state index contributed by atoms with van der Waals surface area (Å²) >= 11 is 0. The predicted molar refractivity (Wildman–Crippen MR) is 106 cm³/mol. The number of hydrogen-bond donors (Lipinski definition) is 3. The molecule has 1 saturated heterocycles. The van der Waals surface area contributed by atoms with Gasteiger partial charge in [0, 0.05) is 30.0 Å². The van der Waals surface area contributed by atoms with Gasteiger partial charge in [0.05, 0.1) is 5.69 Å². The molecule has 0 aromatic heterocycles. The van der Waals surface area contributed by atoms with E-state index in [1.807, 2.05) is 0 Å². The molecule has 0 radical (unpaired) electrons. The molecule has 0 aliphatic carbocycles. The number of nitrogens with one attached hydrogen (secondary N) is 2. The standard InChI is InChI=1S/C21H22F5N3O/c1-20(2)7-9-29(10-8-20)13-5-3-12(4-6-13)28-17-14(19(27)21(24,25)26)11-15(22)18(30)16(17)23/h3-6,11,27-28,30H,7-10H2,1-2H3. The SMILES string of the molecule is CC1(C)CCN(c2ccc(Nc3c(C(=N)C(F)(F)F)cc(F)c(O)c3F)cc2)CC1. The number of nitrogens with zero attached hydrogens (tertiary/aromatic N) is 1. The van der Waals surface area contributed by atoms with E-state index >= 15 is 0 Å². The van der Waals surface area contributed by atoms with E-state index < -0.39 is 40.5 Å². The van der Waals surface area contributed by atoms with Gasteiger partial charge in [0.25, 0.3) is 0 Å². The fraction of sp³-hybridized carbons (Fsp3) is 0.381. The number of phenolic OH excluding ortho intramolecular Hbond substituents is 1. The molecule has 1 heterocycles. The molecular weight excluding hydrogens is 405 g/mol. The fourth-order valence-corrected chi connectivity index (χ4v) is 3.35. The number of aromatic hydroxyl groups is 1. The lowest BCUT2D eigenvalue weighted by Gasteiger charge is -2.38. The predicted octanol–water partition coefficient (Wildman–Crippen LogP) is 5.97. The summed E-state index contributed by atoms with van der Waals surface area (Å²) < 4.78 is 66.9. The second kappa shape index (κ2) is 7.77. The average Bonchev–Trinajstić information content (AvgIpc) is 2.67. The molecule has 162 valence electrons. The van der Waals surface area contributed by atoms with E-state index in [1.54, 1.807) is 24.3 Å². The molecule has 2 aromatic rings. The minimum absolute atomic E-state index is 0.234. The van der Waals surface area contributed by atoms with Crippen LogP contribution in [-0.2, 0) is 0 Å². The van der Waals surface area contributed by atoms with Gasteiger partial charge in [-0.25, -0.2) is 8.78 Å². The van der Waals surface area contributed by atoms with E-state index in [0.29, 0.717) is 6.07 Å². The van der Waals surface area contributed by atoms with Crippen molar-refractivity contribution in [3.05, 3.63) is 47.5 Å². The van der Waals surface area contributed by atoms with Crippen LogP contribution in [0.4, 0.5) is 39.0 Å². The summed E-state index contributed by atoms with van der Waals surface area (Å²) in [5.41, 5.74) is -2.34. The Morgan fingerprint density at radius 3 is 2.20 bits per heavy atom. The summed E-state index contributed by atoms with van der Waals surface area (Å²) in [6.45, 7) is 6.15. The zero-order valence-electron chi connectivity index (χ0n) is 16.5. The van der Waals surface area contributed by atoms with Crippen molar-refractivity contribution < 1.29 is 27.1 Å². The molecule has 30 heavy (non-hydrogen) atoms. The number of benzene rings is 2. The van der Waals surface area contributed by atoms with Gasteiger partial charge in [-0.1, -0.05) is 13.8 Å². The van der Waals surface area contributed by atoms with E-state index in [1.165, 1.54) is 0 Å². The number of piperidine rings is 1. The van der Waals surface area contributed by atoms with Crippen LogP contribution < -0.4 is 10.2 Å². The van der Waals surface area contributed by atoms with Crippen molar-refractivity contribution in [1.29, 1.82) is 5.41 Å². The van der Waals surface area contributed by atoms with Crippen LogP contribution in [0.1, 0.15) is 32.3 Å². The highest BCUT2D eigenvalue weighted by atomic mass is 19.4. The van der Waals surface area contributed by atoms with Crippen LogP contribution >= 0.6 is 0 Å². The van der Waals surface area contributed by atoms with Gasteiger partial charge in [-0.15, -0.1) is 0 Å². The van der Waals surface area contributed by atoms with Gasteiger partial charge < -0.3 is 15.3 Å². The Morgan fingerprint density at radius 1 is 1.10 bits per heavy atom. The molecular formula is C21H22F5N3O. The van der Waals surface area contributed by atoms with E-state index in [9.17, 15) is 27.1 Å². The zero-order chi connectivity index (χ0) is 22.3. The van der Waals surface area contributed by atoms with Crippen LogP contribution in [0.25, 0.3) is 0 Å². The van der Waals surface area contributed by atoms with Gasteiger partial charge in [0.1, 0.15) is 5.71 Å². The third-order valence-corrected chi connectivity index (χ3v) is 5.37. The molecule has 1 fully saturated rings. The number of alkyl halides is 3. The van der Waals surface area contributed by atoms with Crippen molar-refractivity contribution in [2.24, 2.45) is 5.41 Å². The van der Waals surface area contributed by atoms with Gasteiger partial charge in [0.2, 0.25) is 0 Å². The molecule has 1 aliphatic heterocycles. The minimum atomic E-state index is -5.11. The molecule has 0 atom stereocenters. The van der Waals surface area contributed by atoms with Crippen LogP contribution in [0.2, 0.25) is 0 Å². The number of hydrogen-bond acceptors (Lipinski definition) is 4. The Morgan fingerprint density at radius 2 is 1.67 bits per heavy atom. The molecule has 0 bridgehead atoms. The normalized spacial score (nSPS) is 16.4. The molecule has 1 aliphatic rings. The lowest BCUT2D eigenvalue weighted by molar-refractivity contribution is -0.0587. The number of rotatable bonds is 4. The van der Waals surface area contributed by atoms with Gasteiger partial charge in [-0.3, -0.25) is 5.41 Å². The van der Waals surface area contributed by atoms with Crippen molar-refractivity contribution >= 4 is 22.8 Å². The summed E-state index contributed by atoms with van der Waals surface area (Å²) in [5.74, 6) is -4.59. The molecule has 0 saturated carbocycles. The quantitative estimate of drug-likeness (QED) is 0.416. The largest absolute Gasteiger partial charge is 0.503 e. The summed E-state index contributed by atoms with van der Waals surface area (Å²) in [4.78, 5) is 2.18. The summed E-state index contributed by atoms with van der Waals surface area (Å²) in [5, 5.41) is 19.2. The van der Waals surface area contributed by atoms with Crippen molar-refractivity contribution in [2.75, 3.05) is 23.3 Å².